The van der Waals surface area contributed by atoms with Crippen LogP contribution in [0.3, 0.4) is 0 Å². The van der Waals surface area contributed by atoms with Gasteiger partial charge in [-0.05, 0) is 147 Å². The van der Waals surface area contributed by atoms with E-state index >= 15 is 0 Å². The van der Waals surface area contributed by atoms with Gasteiger partial charge in [-0.1, -0.05) is 175 Å². The summed E-state index contributed by atoms with van der Waals surface area (Å²) in [5, 5.41) is 43.7. The number of nitrogens with one attached hydrogen (secondary N) is 3. The summed E-state index contributed by atoms with van der Waals surface area (Å²) in [4.78, 5) is 89.1. The molecule has 9 rings (SSSR count). The zero-order chi connectivity index (χ0) is 81.0. The van der Waals surface area contributed by atoms with Gasteiger partial charge in [-0.15, -0.1) is 0 Å². The fourth-order valence-electron chi connectivity index (χ4n) is 12.4. The molecule has 0 saturated heterocycles. The van der Waals surface area contributed by atoms with Crippen LogP contribution in [0.2, 0.25) is 15.5 Å². The van der Waals surface area contributed by atoms with Gasteiger partial charge in [0.15, 0.2) is 34.9 Å². The van der Waals surface area contributed by atoms with Crippen molar-refractivity contribution >= 4 is 87.7 Å². The fourth-order valence-corrected chi connectivity index (χ4v) is 12.9. The van der Waals surface area contributed by atoms with Gasteiger partial charge >= 0.3 is 0 Å². The van der Waals surface area contributed by atoms with Crippen LogP contribution in [-0.4, -0.2) is 127 Å². The monoisotopic (exact) mass is 1550 g/mol. The zero-order valence-corrected chi connectivity index (χ0v) is 66.7. The van der Waals surface area contributed by atoms with Gasteiger partial charge in [0.25, 0.3) is 35.4 Å². The Bertz CT molecular complexity index is 3900. The van der Waals surface area contributed by atoms with E-state index in [0.717, 1.165) is 67.5 Å². The Balaban J connectivity index is 0.000000281. The maximum atomic E-state index is 14.3. The van der Waals surface area contributed by atoms with Gasteiger partial charge in [0.1, 0.15) is 33.7 Å². The normalized spacial score (nSPS) is 14.3. The Kier molecular flexibility index (Phi) is 37.6. The van der Waals surface area contributed by atoms with Crippen LogP contribution in [0.4, 0.5) is 30.6 Å². The Morgan fingerprint density at radius 2 is 0.694 bits per heavy atom. The van der Waals surface area contributed by atoms with Crippen LogP contribution in [0, 0.1) is 98.8 Å². The lowest BCUT2D eigenvalue weighted by Crippen LogP contribution is -2.41. The van der Waals surface area contributed by atoms with Gasteiger partial charge in [-0.2, -0.15) is 15.8 Å². The SMILES string of the molecule is CC(C)C[C@@H](CN)Nc1nc(Cl)c(C#N)cc1F.CC(C)C[C@@H](CN1C(=O)c2ccccc2C1=O)Nc1nc(Cl)c(C#N)cc1F.CC(C)C[C@H](C)CN1C(=O)c2ccccc2C1=O.CC(C)C[C@H](C)CO.CC(C)C[C@H](N)CN1C(=O)c2ccccc2C1=O.CC[C@H](CC(C)C)Nc1nc(Cl)c(C#N)cc1F. The minimum absolute atomic E-state index is 0.0123. The summed E-state index contributed by atoms with van der Waals surface area (Å²) in [5.74, 6) is 0.407. The lowest BCUT2D eigenvalue weighted by molar-refractivity contribution is 0.0616. The molecule has 0 fully saturated rings. The topological polar surface area (TPSA) is 331 Å². The molecule has 6 heterocycles. The summed E-state index contributed by atoms with van der Waals surface area (Å²) in [6.07, 6.45) is 6.12. The standard InChI is InChI=1S/C20H18ClFN4O2.C15H19NO2.C14H18N2O2.C13H17ClFN3.C12H16ClFN4.C7H16O/c1-11(2)7-13(24-18-16(22)8-12(9-23)17(21)25-18)10-26-19(27)14-5-3-4-6-15(14)20(26)28;1-10(2)8-11(3)9-16-14(17)12-6-4-5-7-13(12)15(16)18;1-9(2)7-10(15)8-16-13(17)11-5-3-4-6-12(11)14(16)18;1-4-10(5-8(2)3)17-13-11(15)6-9(7-16)12(14)18-13;1-7(2)3-9(6-16)17-12-10(14)4-8(5-15)11(13)18-12;1-6(2)4-7(3)5-8/h3-6,8,11,13H,7,10H2,1-2H3,(H,24,25);4-7,10-11H,8-9H2,1-3H3;3-6,9-10H,7-8,15H2,1-2H3;6,8,10H,4-5H2,1-3H3,(H,17,18);4,7,9H,3,6,16H2,1-2H3,(H,17,18);6-8H,4-5H2,1-3H3/t13-;11-;2*10-;9-;7-/m000100/s1. The summed E-state index contributed by atoms with van der Waals surface area (Å²) in [5.41, 5.74) is 14.4. The molecule has 0 radical (unpaired) electrons. The van der Waals surface area contributed by atoms with Gasteiger partial charge in [-0.3, -0.25) is 43.5 Å². The summed E-state index contributed by atoms with van der Waals surface area (Å²) in [6.45, 7) is 32.8. The first-order chi connectivity index (χ1) is 50.9. The number of carbonyl (C=O) groups excluding carboxylic acids is 6. The second-order valence-corrected chi connectivity index (χ2v) is 30.8. The number of rotatable bonds is 27. The Hall–Kier alpha value is -9.06. The van der Waals surface area contributed by atoms with Crippen LogP contribution in [0.5, 0.6) is 0 Å². The first-order valence-electron chi connectivity index (χ1n) is 36.4. The molecule has 0 bridgehead atoms. The van der Waals surface area contributed by atoms with E-state index < -0.39 is 23.5 Å². The van der Waals surface area contributed by atoms with Crippen molar-refractivity contribution in [3.8, 4) is 18.2 Å². The van der Waals surface area contributed by atoms with Crippen molar-refractivity contribution in [1.29, 1.82) is 15.8 Å². The number of nitrogens with two attached hydrogens (primary N) is 2. The number of hydrogen-bond acceptors (Lipinski definition) is 18. The minimum atomic E-state index is -0.725. The van der Waals surface area contributed by atoms with E-state index in [1.54, 1.807) is 91.0 Å². The number of nitriles is 3. The highest BCUT2D eigenvalue weighted by atomic mass is 35.5. The van der Waals surface area contributed by atoms with E-state index in [1.807, 2.05) is 20.8 Å². The summed E-state index contributed by atoms with van der Waals surface area (Å²) >= 11 is 17.5. The molecule has 0 unspecified atom stereocenters. The molecule has 3 aromatic heterocycles. The third kappa shape index (κ3) is 27.6. The number of pyridine rings is 3. The second kappa shape index (κ2) is 44.4. The van der Waals surface area contributed by atoms with Crippen LogP contribution >= 0.6 is 34.8 Å². The Morgan fingerprint density at radius 3 is 0.972 bits per heavy atom. The van der Waals surface area contributed by atoms with Crippen LogP contribution in [-0.2, 0) is 0 Å². The molecule has 21 nitrogen and oxygen atoms in total. The zero-order valence-electron chi connectivity index (χ0n) is 64.4. The average Bonchev–Trinajstić information content (AvgIpc) is 1.64. The van der Waals surface area contributed by atoms with E-state index in [1.165, 1.54) is 9.80 Å². The number of carbonyl (C=O) groups is 6. The first-order valence-corrected chi connectivity index (χ1v) is 37.6. The number of aliphatic hydroxyl groups excluding tert-OH is 1. The van der Waals surface area contributed by atoms with Crippen molar-refractivity contribution in [3.05, 3.63) is 174 Å². The summed E-state index contributed by atoms with van der Waals surface area (Å²) in [7, 11) is 0. The van der Waals surface area contributed by atoms with Crippen molar-refractivity contribution in [3.63, 3.8) is 0 Å². The summed E-state index contributed by atoms with van der Waals surface area (Å²) in [6, 6.07) is 28.6. The smallest absolute Gasteiger partial charge is 0.261 e. The average molecular weight is 1550 g/mol. The van der Waals surface area contributed by atoms with Crippen molar-refractivity contribution in [2.45, 2.75) is 173 Å². The minimum Gasteiger partial charge on any atom is -0.396 e. The summed E-state index contributed by atoms with van der Waals surface area (Å²) < 4.78 is 41.7. The number of nitrogens with zero attached hydrogens (tertiary/aromatic N) is 9. The number of aliphatic hydroxyl groups is 1. The first kappa shape index (κ1) is 91.3. The van der Waals surface area contributed by atoms with Crippen molar-refractivity contribution in [2.75, 3.05) is 48.7 Å². The maximum Gasteiger partial charge on any atom is 0.261 e. The van der Waals surface area contributed by atoms with E-state index in [9.17, 15) is 41.9 Å². The molecule has 582 valence electrons. The number of benzene rings is 3. The molecule has 0 spiro atoms. The molecule has 6 atom stereocenters. The number of aromatic nitrogens is 3. The van der Waals surface area contributed by atoms with Crippen LogP contribution in [0.15, 0.2) is 91.0 Å². The fraction of sp³-hybridized carbons (Fsp3) is 0.481. The van der Waals surface area contributed by atoms with Gasteiger partial charge in [-0.25, -0.2) is 28.1 Å². The Labute approximate surface area is 649 Å². The van der Waals surface area contributed by atoms with E-state index in [4.69, 9.17) is 67.2 Å². The molecular weight excluding hydrogens is 1440 g/mol. The molecule has 8 N–H and O–H groups in total. The highest BCUT2D eigenvalue weighted by Crippen LogP contribution is 2.30. The maximum absolute atomic E-state index is 14.3. The number of fused-ring (bicyclic) bond motifs is 3. The molecule has 0 saturated carbocycles. The van der Waals surface area contributed by atoms with Gasteiger partial charge < -0.3 is 32.5 Å². The third-order valence-corrected chi connectivity index (χ3v) is 17.9. The Morgan fingerprint density at radius 1 is 0.426 bits per heavy atom. The molecule has 27 heteroatoms. The van der Waals surface area contributed by atoms with Crippen LogP contribution in [0.1, 0.15) is 228 Å². The largest absolute Gasteiger partial charge is 0.396 e. The number of amides is 6. The molecule has 6 aromatic rings. The molecule has 3 aliphatic heterocycles. The molecular formula is C81H104Cl3F3N14O7. The predicted octanol–water partition coefficient (Wildman–Crippen LogP) is 16.7. The number of halogens is 6. The molecule has 3 aromatic carbocycles. The molecule has 6 amide bonds. The highest BCUT2D eigenvalue weighted by molar-refractivity contribution is 6.31. The number of hydrogen-bond donors (Lipinski definition) is 6. The third-order valence-electron chi connectivity index (χ3n) is 17.0. The van der Waals surface area contributed by atoms with Crippen molar-refractivity contribution in [2.24, 2.45) is 58.8 Å². The van der Waals surface area contributed by atoms with Crippen LogP contribution < -0.4 is 27.4 Å². The lowest BCUT2D eigenvalue weighted by atomic mass is 9.98. The lowest BCUT2D eigenvalue weighted by Gasteiger charge is -2.25. The molecule has 0 aliphatic carbocycles. The number of imide groups is 3. The van der Waals surface area contributed by atoms with E-state index in [-0.39, 0.29) is 116 Å². The quantitative estimate of drug-likeness (QED) is 0.0206. The van der Waals surface area contributed by atoms with Crippen molar-refractivity contribution in [1.82, 2.24) is 29.7 Å². The second-order valence-electron chi connectivity index (χ2n) is 29.7. The van der Waals surface area contributed by atoms with E-state index in [2.05, 4.69) is 114 Å². The van der Waals surface area contributed by atoms with Gasteiger partial charge in [0, 0.05) is 57.0 Å². The number of anilines is 3. The van der Waals surface area contributed by atoms with Crippen LogP contribution in [0.25, 0.3) is 0 Å². The molecule has 3 aliphatic rings. The predicted molar refractivity (Wildman–Crippen MR) is 419 cm³/mol. The van der Waals surface area contributed by atoms with Gasteiger partial charge in [0.2, 0.25) is 0 Å². The highest BCUT2D eigenvalue weighted by Gasteiger charge is 2.39. The van der Waals surface area contributed by atoms with E-state index in [0.29, 0.717) is 102 Å². The van der Waals surface area contributed by atoms with Gasteiger partial charge in [0.05, 0.1) is 50.1 Å². The molecule has 108 heavy (non-hydrogen) atoms. The van der Waals surface area contributed by atoms with Crippen molar-refractivity contribution < 1.29 is 47.0 Å².